The lowest BCUT2D eigenvalue weighted by atomic mass is 9.86. The second-order valence-electron chi connectivity index (χ2n) is 5.35. The SMILES string of the molecule is CC(C)(CCCCNc1cccc(Cl)c1Cl)/C(N)=N/O. The van der Waals surface area contributed by atoms with Gasteiger partial charge in [0.2, 0.25) is 0 Å². The third-order valence-electron chi connectivity index (χ3n) is 3.30. The average Bonchev–Trinajstić information content (AvgIpc) is 2.41. The second kappa shape index (κ2) is 7.60. The van der Waals surface area contributed by atoms with Gasteiger partial charge in [-0.1, -0.05) is 54.7 Å². The van der Waals surface area contributed by atoms with E-state index in [1.807, 2.05) is 26.0 Å². The molecule has 0 aliphatic carbocycles. The molecule has 1 aromatic carbocycles. The van der Waals surface area contributed by atoms with E-state index >= 15 is 0 Å². The van der Waals surface area contributed by atoms with Gasteiger partial charge in [-0.3, -0.25) is 0 Å². The highest BCUT2D eigenvalue weighted by Crippen LogP contribution is 2.29. The van der Waals surface area contributed by atoms with Crippen molar-refractivity contribution in [1.82, 2.24) is 0 Å². The van der Waals surface area contributed by atoms with Crippen LogP contribution in [-0.2, 0) is 0 Å². The van der Waals surface area contributed by atoms with Gasteiger partial charge in [-0.2, -0.15) is 0 Å². The highest BCUT2D eigenvalue weighted by molar-refractivity contribution is 6.43. The van der Waals surface area contributed by atoms with Gasteiger partial charge in [0.25, 0.3) is 0 Å². The summed E-state index contributed by atoms with van der Waals surface area (Å²) in [7, 11) is 0. The van der Waals surface area contributed by atoms with Crippen LogP contribution < -0.4 is 11.1 Å². The lowest BCUT2D eigenvalue weighted by Gasteiger charge is -2.22. The van der Waals surface area contributed by atoms with E-state index in [4.69, 9.17) is 34.1 Å². The van der Waals surface area contributed by atoms with Crippen LogP contribution in [0.4, 0.5) is 5.69 Å². The van der Waals surface area contributed by atoms with Crippen molar-refractivity contribution in [3.05, 3.63) is 28.2 Å². The van der Waals surface area contributed by atoms with Gasteiger partial charge in [-0.25, -0.2) is 0 Å². The molecule has 0 aliphatic heterocycles. The molecule has 0 saturated carbocycles. The summed E-state index contributed by atoms with van der Waals surface area (Å²) in [6, 6.07) is 5.52. The Kier molecular flexibility index (Phi) is 6.43. The van der Waals surface area contributed by atoms with E-state index in [9.17, 15) is 0 Å². The van der Waals surface area contributed by atoms with E-state index in [0.29, 0.717) is 10.0 Å². The molecule has 0 unspecified atom stereocenters. The molecule has 20 heavy (non-hydrogen) atoms. The Morgan fingerprint density at radius 3 is 2.70 bits per heavy atom. The minimum Gasteiger partial charge on any atom is -0.409 e. The summed E-state index contributed by atoms with van der Waals surface area (Å²) in [6.45, 7) is 4.72. The molecular formula is C14H21Cl2N3O. The van der Waals surface area contributed by atoms with Crippen molar-refractivity contribution in [2.75, 3.05) is 11.9 Å². The quantitative estimate of drug-likeness (QED) is 0.230. The van der Waals surface area contributed by atoms with Crippen molar-refractivity contribution in [1.29, 1.82) is 0 Å². The first-order valence-electron chi connectivity index (χ1n) is 6.54. The van der Waals surface area contributed by atoms with Crippen LogP contribution in [0.15, 0.2) is 23.4 Å². The molecule has 0 spiro atoms. The average molecular weight is 318 g/mol. The molecular weight excluding hydrogens is 297 g/mol. The number of hydrogen-bond donors (Lipinski definition) is 3. The molecule has 0 amide bonds. The predicted octanol–water partition coefficient (Wildman–Crippen LogP) is 4.35. The first kappa shape index (κ1) is 16.9. The van der Waals surface area contributed by atoms with Crippen LogP contribution in [0.5, 0.6) is 0 Å². The summed E-state index contributed by atoms with van der Waals surface area (Å²) in [4.78, 5) is 0. The van der Waals surface area contributed by atoms with E-state index in [1.54, 1.807) is 6.07 Å². The maximum absolute atomic E-state index is 8.70. The van der Waals surface area contributed by atoms with Gasteiger partial charge in [-0.05, 0) is 25.0 Å². The summed E-state index contributed by atoms with van der Waals surface area (Å²) < 4.78 is 0. The van der Waals surface area contributed by atoms with Crippen LogP contribution in [0, 0.1) is 5.41 Å². The summed E-state index contributed by atoms with van der Waals surface area (Å²) >= 11 is 12.0. The van der Waals surface area contributed by atoms with Gasteiger partial charge in [0, 0.05) is 12.0 Å². The minimum atomic E-state index is -0.289. The number of unbranched alkanes of at least 4 members (excludes halogenated alkanes) is 1. The molecule has 0 heterocycles. The van der Waals surface area contributed by atoms with Crippen molar-refractivity contribution >= 4 is 34.7 Å². The molecule has 0 atom stereocenters. The number of nitrogens with zero attached hydrogens (tertiary/aromatic N) is 1. The first-order valence-corrected chi connectivity index (χ1v) is 7.30. The fraction of sp³-hybridized carbons (Fsp3) is 0.500. The molecule has 112 valence electrons. The smallest absolute Gasteiger partial charge is 0.144 e. The first-order chi connectivity index (χ1) is 9.38. The Morgan fingerprint density at radius 2 is 2.05 bits per heavy atom. The molecule has 4 nitrogen and oxygen atoms in total. The molecule has 1 rings (SSSR count). The molecule has 0 radical (unpaired) electrons. The Labute approximate surface area is 129 Å². The standard InChI is InChI=1S/C14H21Cl2N3O/c1-14(2,13(17)19-20)8-3-4-9-18-11-7-5-6-10(15)12(11)16/h5-7,18,20H,3-4,8-9H2,1-2H3,(H2,17,19). The number of nitrogens with one attached hydrogen (secondary N) is 1. The zero-order valence-electron chi connectivity index (χ0n) is 11.8. The highest BCUT2D eigenvalue weighted by Gasteiger charge is 2.22. The molecule has 4 N–H and O–H groups in total. The van der Waals surface area contributed by atoms with Crippen molar-refractivity contribution in [3.8, 4) is 0 Å². The fourth-order valence-electron chi connectivity index (χ4n) is 1.82. The zero-order valence-corrected chi connectivity index (χ0v) is 13.3. The Morgan fingerprint density at radius 1 is 1.35 bits per heavy atom. The normalized spacial score (nSPS) is 12.5. The monoisotopic (exact) mass is 317 g/mol. The number of nitrogens with two attached hydrogens (primary N) is 1. The van der Waals surface area contributed by atoms with Crippen LogP contribution >= 0.6 is 23.2 Å². The number of benzene rings is 1. The molecule has 1 aromatic rings. The van der Waals surface area contributed by atoms with Gasteiger partial charge < -0.3 is 16.3 Å². The number of hydrogen-bond acceptors (Lipinski definition) is 3. The van der Waals surface area contributed by atoms with Gasteiger partial charge in [0.1, 0.15) is 5.84 Å². The number of anilines is 1. The van der Waals surface area contributed by atoms with E-state index < -0.39 is 0 Å². The summed E-state index contributed by atoms with van der Waals surface area (Å²) in [5.74, 6) is 0.267. The number of amidine groups is 1. The minimum absolute atomic E-state index is 0.267. The van der Waals surface area contributed by atoms with Crippen LogP contribution in [0.25, 0.3) is 0 Å². The van der Waals surface area contributed by atoms with Crippen LogP contribution in [0.3, 0.4) is 0 Å². The molecule has 0 bridgehead atoms. The maximum Gasteiger partial charge on any atom is 0.144 e. The summed E-state index contributed by atoms with van der Waals surface area (Å²) in [5.41, 5.74) is 6.20. The summed E-state index contributed by atoms with van der Waals surface area (Å²) in [5, 5.41) is 16.1. The van der Waals surface area contributed by atoms with E-state index in [1.165, 1.54) is 0 Å². The van der Waals surface area contributed by atoms with Crippen molar-refractivity contribution in [2.24, 2.45) is 16.3 Å². The van der Waals surface area contributed by atoms with Gasteiger partial charge in [0.15, 0.2) is 0 Å². The lowest BCUT2D eigenvalue weighted by molar-refractivity contribution is 0.304. The highest BCUT2D eigenvalue weighted by atomic mass is 35.5. The van der Waals surface area contributed by atoms with Crippen molar-refractivity contribution in [2.45, 2.75) is 33.1 Å². The Bertz CT molecular complexity index is 475. The van der Waals surface area contributed by atoms with Crippen LogP contribution in [-0.4, -0.2) is 17.6 Å². The zero-order chi connectivity index (χ0) is 15.2. The largest absolute Gasteiger partial charge is 0.409 e. The Balaban J connectivity index is 2.34. The Hall–Kier alpha value is -1.13. The number of rotatable bonds is 7. The predicted molar refractivity (Wildman–Crippen MR) is 86.0 cm³/mol. The molecule has 6 heteroatoms. The van der Waals surface area contributed by atoms with E-state index in [-0.39, 0.29) is 11.3 Å². The van der Waals surface area contributed by atoms with Gasteiger partial charge in [0.05, 0.1) is 15.7 Å². The van der Waals surface area contributed by atoms with Gasteiger partial charge in [-0.15, -0.1) is 0 Å². The number of halogens is 2. The van der Waals surface area contributed by atoms with E-state index in [0.717, 1.165) is 31.5 Å². The fourth-order valence-corrected chi connectivity index (χ4v) is 2.19. The van der Waals surface area contributed by atoms with Crippen molar-refractivity contribution < 1.29 is 5.21 Å². The molecule has 0 aromatic heterocycles. The number of oxime groups is 1. The van der Waals surface area contributed by atoms with E-state index in [2.05, 4.69) is 10.5 Å². The molecule has 0 aliphatic rings. The second-order valence-corrected chi connectivity index (χ2v) is 6.14. The summed E-state index contributed by atoms with van der Waals surface area (Å²) in [6.07, 6.45) is 2.78. The topological polar surface area (TPSA) is 70.6 Å². The van der Waals surface area contributed by atoms with Crippen LogP contribution in [0.1, 0.15) is 33.1 Å². The van der Waals surface area contributed by atoms with Gasteiger partial charge >= 0.3 is 0 Å². The third-order valence-corrected chi connectivity index (χ3v) is 4.12. The lowest BCUT2D eigenvalue weighted by Crippen LogP contribution is -2.31. The van der Waals surface area contributed by atoms with Crippen LogP contribution in [0.2, 0.25) is 10.0 Å². The molecule has 0 fully saturated rings. The third kappa shape index (κ3) is 4.76. The molecule has 0 saturated heterocycles. The maximum atomic E-state index is 8.70. The van der Waals surface area contributed by atoms with Crippen molar-refractivity contribution in [3.63, 3.8) is 0 Å².